The van der Waals surface area contributed by atoms with Gasteiger partial charge in [-0.15, -0.1) is 11.3 Å². The lowest BCUT2D eigenvalue weighted by atomic mass is 10.0. The summed E-state index contributed by atoms with van der Waals surface area (Å²) in [6.07, 6.45) is 6.79. The number of aromatic nitrogens is 1. The lowest BCUT2D eigenvalue weighted by Crippen LogP contribution is -2.47. The Bertz CT molecular complexity index is 693. The maximum Gasteiger partial charge on any atom is 0.270 e. The first-order chi connectivity index (χ1) is 11.7. The van der Waals surface area contributed by atoms with E-state index in [0.717, 1.165) is 38.2 Å². The van der Waals surface area contributed by atoms with E-state index in [4.69, 9.17) is 0 Å². The van der Waals surface area contributed by atoms with Gasteiger partial charge in [-0.1, -0.05) is 6.07 Å². The van der Waals surface area contributed by atoms with Crippen LogP contribution >= 0.6 is 11.3 Å². The monoisotopic (exact) mass is 343 g/mol. The van der Waals surface area contributed by atoms with Gasteiger partial charge in [0.15, 0.2) is 0 Å². The van der Waals surface area contributed by atoms with Crippen LogP contribution in [0.3, 0.4) is 0 Å². The summed E-state index contributed by atoms with van der Waals surface area (Å²) in [6.45, 7) is 2.85. The molecule has 2 aromatic rings. The normalized spacial score (nSPS) is 24.8. The highest BCUT2D eigenvalue weighted by atomic mass is 32.1. The fourth-order valence-corrected chi connectivity index (χ4v) is 5.03. The highest BCUT2D eigenvalue weighted by molar-refractivity contribution is 7.09. The van der Waals surface area contributed by atoms with Gasteiger partial charge in [-0.3, -0.25) is 4.79 Å². The number of thiophene rings is 1. The Morgan fingerprint density at radius 1 is 1.17 bits per heavy atom. The predicted octanol–water partition coefficient (Wildman–Crippen LogP) is 3.30. The molecular weight excluding hydrogens is 318 g/mol. The van der Waals surface area contributed by atoms with Crippen LogP contribution in [0.2, 0.25) is 0 Å². The van der Waals surface area contributed by atoms with Gasteiger partial charge in [0.25, 0.3) is 5.91 Å². The molecule has 0 aliphatic carbocycles. The lowest BCUT2D eigenvalue weighted by molar-refractivity contribution is 0.0654. The summed E-state index contributed by atoms with van der Waals surface area (Å²) in [4.78, 5) is 19.1. The molecule has 1 amide bonds. The van der Waals surface area contributed by atoms with Crippen molar-refractivity contribution in [2.75, 3.05) is 20.1 Å². The van der Waals surface area contributed by atoms with Gasteiger partial charge in [0.1, 0.15) is 5.69 Å². The van der Waals surface area contributed by atoms with Crippen LogP contribution in [0, 0.1) is 0 Å². The van der Waals surface area contributed by atoms with Crippen LogP contribution in [0.25, 0.3) is 0 Å². The average Bonchev–Trinajstić information content (AvgIpc) is 3.34. The van der Waals surface area contributed by atoms with E-state index in [0.29, 0.717) is 12.1 Å². The Hall–Kier alpha value is -1.59. The summed E-state index contributed by atoms with van der Waals surface area (Å²) >= 11 is 1.74. The standard InChI is InChI=1S/C19H25N3OS/c1-20-10-2-7-16(20)17-8-4-12-22(17)19(23)18-9-3-11-21(18)14-15-6-5-13-24-15/h3,5-6,9,11,13,16-17H,2,4,7-8,10,12,14H2,1H3/t16-,17+/m0/s1. The van der Waals surface area contributed by atoms with Crippen molar-refractivity contribution in [1.29, 1.82) is 0 Å². The molecule has 5 heteroatoms. The Labute approximate surface area is 147 Å². The van der Waals surface area contributed by atoms with E-state index in [9.17, 15) is 4.79 Å². The molecule has 24 heavy (non-hydrogen) atoms. The lowest BCUT2D eigenvalue weighted by Gasteiger charge is -2.33. The molecule has 2 fully saturated rings. The molecule has 0 aromatic carbocycles. The van der Waals surface area contributed by atoms with E-state index < -0.39 is 0 Å². The van der Waals surface area contributed by atoms with Gasteiger partial charge in [0.2, 0.25) is 0 Å². The Morgan fingerprint density at radius 2 is 2.00 bits per heavy atom. The Kier molecular flexibility index (Phi) is 4.46. The van der Waals surface area contributed by atoms with Crippen molar-refractivity contribution in [1.82, 2.24) is 14.4 Å². The van der Waals surface area contributed by atoms with Crippen molar-refractivity contribution in [2.45, 2.75) is 44.3 Å². The van der Waals surface area contributed by atoms with Crippen molar-refractivity contribution in [3.05, 3.63) is 46.4 Å². The van der Waals surface area contributed by atoms with Gasteiger partial charge in [0, 0.05) is 29.7 Å². The van der Waals surface area contributed by atoms with Crippen LogP contribution < -0.4 is 0 Å². The summed E-state index contributed by atoms with van der Waals surface area (Å²) in [5.74, 6) is 0.208. The maximum atomic E-state index is 13.2. The fraction of sp³-hybridized carbons (Fsp3) is 0.526. The number of hydrogen-bond donors (Lipinski definition) is 0. The molecule has 2 saturated heterocycles. The Balaban J connectivity index is 1.54. The molecule has 0 N–H and O–H groups in total. The second-order valence-electron chi connectivity index (χ2n) is 7.00. The smallest absolute Gasteiger partial charge is 0.270 e. The zero-order chi connectivity index (χ0) is 16.5. The number of hydrogen-bond acceptors (Lipinski definition) is 3. The third kappa shape index (κ3) is 2.91. The molecule has 4 heterocycles. The summed E-state index contributed by atoms with van der Waals surface area (Å²) in [5, 5.41) is 2.09. The second-order valence-corrected chi connectivity index (χ2v) is 8.03. The molecular formula is C19H25N3OS. The summed E-state index contributed by atoms with van der Waals surface area (Å²) in [6, 6.07) is 9.09. The molecule has 2 aromatic heterocycles. The molecule has 2 atom stereocenters. The Morgan fingerprint density at radius 3 is 2.75 bits per heavy atom. The molecule has 0 unspecified atom stereocenters. The molecule has 0 radical (unpaired) electrons. The molecule has 0 bridgehead atoms. The molecule has 0 saturated carbocycles. The molecule has 0 spiro atoms. The van der Waals surface area contributed by atoms with Crippen molar-refractivity contribution in [3.63, 3.8) is 0 Å². The summed E-state index contributed by atoms with van der Waals surface area (Å²) < 4.78 is 2.10. The second kappa shape index (κ2) is 6.73. The van der Waals surface area contributed by atoms with Crippen LogP contribution in [-0.4, -0.2) is 52.5 Å². The van der Waals surface area contributed by atoms with Crippen molar-refractivity contribution in [3.8, 4) is 0 Å². The minimum atomic E-state index is 0.208. The highest BCUT2D eigenvalue weighted by Gasteiger charge is 2.39. The van der Waals surface area contributed by atoms with E-state index in [1.54, 1.807) is 11.3 Å². The minimum absolute atomic E-state index is 0.208. The average molecular weight is 343 g/mol. The van der Waals surface area contributed by atoms with Gasteiger partial charge < -0.3 is 14.4 Å². The van der Waals surface area contributed by atoms with E-state index in [2.05, 4.69) is 38.9 Å². The SMILES string of the molecule is CN1CCC[C@H]1[C@H]1CCCN1C(=O)c1cccn1Cc1cccs1. The zero-order valence-corrected chi connectivity index (χ0v) is 15.0. The van der Waals surface area contributed by atoms with Crippen molar-refractivity contribution < 1.29 is 4.79 Å². The van der Waals surface area contributed by atoms with Gasteiger partial charge >= 0.3 is 0 Å². The number of carbonyl (C=O) groups excluding carboxylic acids is 1. The number of amides is 1. The first-order valence-electron chi connectivity index (χ1n) is 8.93. The summed E-state index contributed by atoms with van der Waals surface area (Å²) in [7, 11) is 2.21. The van der Waals surface area contributed by atoms with Crippen molar-refractivity contribution >= 4 is 17.2 Å². The van der Waals surface area contributed by atoms with E-state index in [1.165, 1.54) is 17.7 Å². The zero-order valence-electron chi connectivity index (χ0n) is 14.2. The molecule has 4 rings (SSSR count). The topological polar surface area (TPSA) is 28.5 Å². The van der Waals surface area contributed by atoms with Crippen LogP contribution in [0.4, 0.5) is 0 Å². The number of carbonyl (C=O) groups is 1. The van der Waals surface area contributed by atoms with Gasteiger partial charge in [-0.05, 0) is 62.9 Å². The van der Waals surface area contributed by atoms with E-state index in [1.807, 2.05) is 18.3 Å². The third-order valence-corrected chi connectivity index (χ3v) is 6.40. The number of nitrogens with zero attached hydrogens (tertiary/aromatic N) is 3. The van der Waals surface area contributed by atoms with Crippen molar-refractivity contribution in [2.24, 2.45) is 0 Å². The van der Waals surface area contributed by atoms with Gasteiger partial charge in [-0.25, -0.2) is 0 Å². The van der Waals surface area contributed by atoms with Crippen LogP contribution in [-0.2, 0) is 6.54 Å². The first-order valence-corrected chi connectivity index (χ1v) is 9.81. The third-order valence-electron chi connectivity index (χ3n) is 5.54. The quantitative estimate of drug-likeness (QED) is 0.852. The van der Waals surface area contributed by atoms with Gasteiger partial charge in [-0.2, -0.15) is 0 Å². The first kappa shape index (κ1) is 15.9. The largest absolute Gasteiger partial charge is 0.338 e. The number of likely N-dealkylation sites (tertiary alicyclic amines) is 2. The highest BCUT2D eigenvalue weighted by Crippen LogP contribution is 2.30. The van der Waals surface area contributed by atoms with Crippen LogP contribution in [0.15, 0.2) is 35.8 Å². The minimum Gasteiger partial charge on any atom is -0.338 e. The van der Waals surface area contributed by atoms with E-state index >= 15 is 0 Å². The summed E-state index contributed by atoms with van der Waals surface area (Å²) in [5.41, 5.74) is 0.830. The molecule has 2 aliphatic heterocycles. The molecule has 128 valence electrons. The number of rotatable bonds is 4. The molecule has 4 nitrogen and oxygen atoms in total. The van der Waals surface area contributed by atoms with Crippen LogP contribution in [0.1, 0.15) is 41.0 Å². The predicted molar refractivity (Wildman–Crippen MR) is 97.6 cm³/mol. The van der Waals surface area contributed by atoms with E-state index in [-0.39, 0.29) is 5.91 Å². The molecule has 2 aliphatic rings. The fourth-order valence-electron chi connectivity index (χ4n) is 4.33. The van der Waals surface area contributed by atoms with Gasteiger partial charge in [0.05, 0.1) is 6.54 Å². The van der Waals surface area contributed by atoms with Crippen LogP contribution in [0.5, 0.6) is 0 Å². The maximum absolute atomic E-state index is 13.2. The number of likely N-dealkylation sites (N-methyl/N-ethyl adjacent to an activating group) is 1.